The van der Waals surface area contributed by atoms with Crippen molar-refractivity contribution in [3.63, 3.8) is 0 Å². The quantitative estimate of drug-likeness (QED) is 0.289. The highest BCUT2D eigenvalue weighted by Crippen LogP contribution is 2.50. The van der Waals surface area contributed by atoms with E-state index in [1.807, 2.05) is 43.3 Å². The Balaban J connectivity index is 1.39. The van der Waals surface area contributed by atoms with Gasteiger partial charge in [-0.25, -0.2) is 0 Å². The van der Waals surface area contributed by atoms with Crippen LogP contribution in [-0.2, 0) is 20.9 Å². The molecule has 0 amide bonds. The number of carbonyl (C=O) groups excluding carboxylic acids is 2. The molecule has 0 spiro atoms. The molecule has 1 heterocycles. The summed E-state index contributed by atoms with van der Waals surface area (Å²) in [5, 5.41) is 2.34. The van der Waals surface area contributed by atoms with E-state index < -0.39 is 0 Å². The standard InChI is InChI=1S/C35H37NO5/c1-3-40-32-21-24(17-18-31(32)41-22-25-11-6-10-23-9-4-5-12-26(23)25)33-34-27(13-7-15-29(34)37)36(19-20-39-2)28-14-8-16-30(38)35(28)33/h4-6,9-12,17-18,21,33H,3,7-8,13-16,19-20,22H2,1-2H3. The first kappa shape index (κ1) is 27.3. The van der Waals surface area contributed by atoms with Gasteiger partial charge in [0.15, 0.2) is 23.1 Å². The number of hydrogen-bond acceptors (Lipinski definition) is 6. The van der Waals surface area contributed by atoms with Crippen LogP contribution in [0, 0.1) is 0 Å². The van der Waals surface area contributed by atoms with Crippen molar-refractivity contribution < 1.29 is 23.8 Å². The van der Waals surface area contributed by atoms with Crippen LogP contribution in [0.3, 0.4) is 0 Å². The van der Waals surface area contributed by atoms with Gasteiger partial charge >= 0.3 is 0 Å². The lowest BCUT2D eigenvalue weighted by molar-refractivity contribution is -0.117. The number of nitrogens with zero attached hydrogens (tertiary/aromatic N) is 1. The van der Waals surface area contributed by atoms with Gasteiger partial charge in [-0.05, 0) is 66.6 Å². The van der Waals surface area contributed by atoms with Crippen LogP contribution in [0.1, 0.15) is 62.5 Å². The van der Waals surface area contributed by atoms with Gasteiger partial charge in [0.2, 0.25) is 0 Å². The van der Waals surface area contributed by atoms with Crippen LogP contribution in [0.2, 0.25) is 0 Å². The summed E-state index contributed by atoms with van der Waals surface area (Å²) in [7, 11) is 1.69. The van der Waals surface area contributed by atoms with Gasteiger partial charge in [0.25, 0.3) is 0 Å². The molecule has 0 saturated carbocycles. The molecule has 41 heavy (non-hydrogen) atoms. The Morgan fingerprint density at radius 3 is 2.22 bits per heavy atom. The second kappa shape index (κ2) is 11.9. The Kier molecular flexibility index (Phi) is 7.93. The zero-order valence-electron chi connectivity index (χ0n) is 23.9. The predicted octanol–water partition coefficient (Wildman–Crippen LogP) is 6.88. The normalized spacial score (nSPS) is 17.7. The molecule has 3 aromatic rings. The molecule has 1 aliphatic heterocycles. The van der Waals surface area contributed by atoms with Crippen molar-refractivity contribution in [3.05, 3.63) is 94.3 Å². The Bertz CT molecular complexity index is 1500. The van der Waals surface area contributed by atoms with E-state index in [1.54, 1.807) is 7.11 Å². The van der Waals surface area contributed by atoms with Crippen LogP contribution in [0.5, 0.6) is 11.5 Å². The third-order valence-electron chi connectivity index (χ3n) is 8.47. The zero-order valence-corrected chi connectivity index (χ0v) is 23.9. The number of ketones is 2. The van der Waals surface area contributed by atoms with Crippen LogP contribution in [0.4, 0.5) is 0 Å². The van der Waals surface area contributed by atoms with Crippen molar-refractivity contribution in [2.24, 2.45) is 0 Å². The molecule has 0 fully saturated rings. The number of rotatable bonds is 9. The minimum absolute atomic E-state index is 0.137. The molecule has 2 aliphatic carbocycles. The fourth-order valence-electron chi connectivity index (χ4n) is 6.67. The highest BCUT2D eigenvalue weighted by molar-refractivity contribution is 6.06. The first-order chi connectivity index (χ1) is 20.1. The van der Waals surface area contributed by atoms with Gasteiger partial charge in [0.1, 0.15) is 6.61 Å². The molecule has 0 N–H and O–H groups in total. The van der Waals surface area contributed by atoms with E-state index in [2.05, 4.69) is 29.2 Å². The highest BCUT2D eigenvalue weighted by atomic mass is 16.5. The fraction of sp³-hybridized carbons (Fsp3) is 0.371. The largest absolute Gasteiger partial charge is 0.490 e. The molecule has 3 aliphatic rings. The maximum atomic E-state index is 13.6. The molecule has 6 nitrogen and oxygen atoms in total. The van der Waals surface area contributed by atoms with E-state index >= 15 is 0 Å². The van der Waals surface area contributed by atoms with Gasteiger partial charge in [-0.3, -0.25) is 9.59 Å². The van der Waals surface area contributed by atoms with Crippen LogP contribution in [0.25, 0.3) is 10.8 Å². The van der Waals surface area contributed by atoms with E-state index in [0.29, 0.717) is 50.7 Å². The van der Waals surface area contributed by atoms with Gasteiger partial charge in [-0.2, -0.15) is 0 Å². The number of fused-ring (bicyclic) bond motifs is 1. The van der Waals surface area contributed by atoms with Crippen molar-refractivity contribution in [2.75, 3.05) is 26.9 Å². The molecular formula is C35H37NO5. The summed E-state index contributed by atoms with van der Waals surface area (Å²) in [5.41, 5.74) is 5.67. The van der Waals surface area contributed by atoms with Gasteiger partial charge in [0, 0.05) is 55.0 Å². The van der Waals surface area contributed by atoms with Crippen molar-refractivity contribution >= 4 is 22.3 Å². The average Bonchev–Trinajstić information content (AvgIpc) is 2.99. The summed E-state index contributed by atoms with van der Waals surface area (Å²) < 4.78 is 17.8. The van der Waals surface area contributed by atoms with E-state index in [0.717, 1.165) is 64.7 Å². The summed E-state index contributed by atoms with van der Waals surface area (Å²) in [6.45, 7) is 4.01. The molecule has 6 heteroatoms. The third-order valence-corrected chi connectivity index (χ3v) is 8.47. The van der Waals surface area contributed by atoms with Gasteiger partial charge in [-0.1, -0.05) is 48.5 Å². The Hall–Kier alpha value is -3.90. The van der Waals surface area contributed by atoms with Gasteiger partial charge in [0.05, 0.1) is 13.2 Å². The lowest BCUT2D eigenvalue weighted by Gasteiger charge is -2.44. The van der Waals surface area contributed by atoms with Crippen LogP contribution in [0.15, 0.2) is 83.2 Å². The molecule has 3 aromatic carbocycles. The summed E-state index contributed by atoms with van der Waals surface area (Å²) in [6, 6.07) is 20.4. The average molecular weight is 552 g/mol. The number of allylic oxidation sites excluding steroid dienone is 4. The lowest BCUT2D eigenvalue weighted by Crippen LogP contribution is -2.40. The van der Waals surface area contributed by atoms with Crippen molar-refractivity contribution in [3.8, 4) is 11.5 Å². The molecule has 0 bridgehead atoms. The smallest absolute Gasteiger partial charge is 0.161 e. The maximum Gasteiger partial charge on any atom is 0.161 e. The molecule has 0 atom stereocenters. The fourth-order valence-corrected chi connectivity index (χ4v) is 6.67. The SMILES string of the molecule is CCOc1cc(C2C3=C(CCCC3=O)N(CCOC)C3=C2C(=O)CCC3)ccc1OCc1cccc2ccccc12. The number of methoxy groups -OCH3 is 1. The highest BCUT2D eigenvalue weighted by Gasteiger charge is 2.43. The topological polar surface area (TPSA) is 65.1 Å². The second-order valence-electron chi connectivity index (χ2n) is 10.9. The van der Waals surface area contributed by atoms with Crippen LogP contribution in [-0.4, -0.2) is 43.3 Å². The van der Waals surface area contributed by atoms with Crippen LogP contribution < -0.4 is 9.47 Å². The predicted molar refractivity (Wildman–Crippen MR) is 159 cm³/mol. The van der Waals surface area contributed by atoms with Crippen molar-refractivity contribution in [1.82, 2.24) is 4.90 Å². The van der Waals surface area contributed by atoms with Crippen LogP contribution >= 0.6 is 0 Å². The van der Waals surface area contributed by atoms with E-state index in [9.17, 15) is 9.59 Å². The number of carbonyl (C=O) groups is 2. The summed E-state index contributed by atoms with van der Waals surface area (Å²) in [4.78, 5) is 29.3. The monoisotopic (exact) mass is 551 g/mol. The molecule has 0 aromatic heterocycles. The van der Waals surface area contributed by atoms with Crippen molar-refractivity contribution in [2.45, 2.75) is 58.0 Å². The minimum atomic E-state index is -0.384. The van der Waals surface area contributed by atoms with E-state index in [4.69, 9.17) is 14.2 Å². The summed E-state index contributed by atoms with van der Waals surface area (Å²) >= 11 is 0. The molecule has 0 radical (unpaired) electrons. The lowest BCUT2D eigenvalue weighted by atomic mass is 9.71. The van der Waals surface area contributed by atoms with Gasteiger partial charge in [-0.15, -0.1) is 0 Å². The number of benzene rings is 3. The number of Topliss-reactive ketones (excluding diaryl/α,β-unsaturated/α-hetero) is 2. The number of hydrogen-bond donors (Lipinski definition) is 0. The van der Waals surface area contributed by atoms with Crippen molar-refractivity contribution in [1.29, 1.82) is 0 Å². The second-order valence-corrected chi connectivity index (χ2v) is 10.9. The first-order valence-corrected chi connectivity index (χ1v) is 14.8. The van der Waals surface area contributed by atoms with E-state index in [1.165, 1.54) is 5.39 Å². The Morgan fingerprint density at radius 1 is 0.805 bits per heavy atom. The van der Waals surface area contributed by atoms with E-state index in [-0.39, 0.29) is 17.5 Å². The molecule has 0 unspecified atom stereocenters. The third kappa shape index (κ3) is 5.17. The molecule has 0 saturated heterocycles. The number of ether oxygens (including phenoxy) is 3. The maximum absolute atomic E-state index is 13.6. The molecule has 6 rings (SSSR count). The molecule has 212 valence electrons. The first-order valence-electron chi connectivity index (χ1n) is 14.8. The molecular weight excluding hydrogens is 514 g/mol. The zero-order chi connectivity index (χ0) is 28.3. The summed E-state index contributed by atoms with van der Waals surface area (Å²) in [6.07, 6.45) is 4.34. The van der Waals surface area contributed by atoms with Gasteiger partial charge < -0.3 is 19.1 Å². The summed E-state index contributed by atoms with van der Waals surface area (Å²) in [5.74, 6) is 1.17. The minimum Gasteiger partial charge on any atom is -0.490 e. The Morgan fingerprint density at radius 2 is 1.51 bits per heavy atom. The Labute approximate surface area is 241 Å².